The van der Waals surface area contributed by atoms with E-state index >= 15 is 0 Å². The van der Waals surface area contributed by atoms with Crippen LogP contribution in [0, 0.1) is 0 Å². The lowest BCUT2D eigenvalue weighted by Gasteiger charge is -2.32. The fourth-order valence-electron chi connectivity index (χ4n) is 1.40. The van der Waals surface area contributed by atoms with Crippen molar-refractivity contribution in [2.45, 2.75) is 104 Å². The van der Waals surface area contributed by atoms with E-state index in [-0.39, 0.29) is 19.3 Å². The average Bonchev–Trinajstić information content (AvgIpc) is 2.46. The van der Waals surface area contributed by atoms with Crippen molar-refractivity contribution in [1.29, 1.82) is 0 Å². The van der Waals surface area contributed by atoms with E-state index in [1.165, 1.54) is 0 Å². The lowest BCUT2D eigenvalue weighted by atomic mass is 10.1. The summed E-state index contributed by atoms with van der Waals surface area (Å²) in [6.45, 7) is 14.5. The number of ether oxygens (including phenoxy) is 1. The highest BCUT2D eigenvalue weighted by atomic mass is 17.3. The van der Waals surface area contributed by atoms with Gasteiger partial charge >= 0.3 is 11.9 Å². The van der Waals surface area contributed by atoms with Crippen LogP contribution in [-0.2, 0) is 33.9 Å². The van der Waals surface area contributed by atoms with Crippen LogP contribution in [0.5, 0.6) is 0 Å². The second-order valence-electron chi connectivity index (χ2n) is 8.14. The molecule has 0 N–H and O–H groups in total. The van der Waals surface area contributed by atoms with Gasteiger partial charge in [0.25, 0.3) is 0 Å². The SMILES string of the molecule is CCCCC(=O)OC(=O)CCC(C)(OOC(C)(C)C)OOC(C)(C)C. The van der Waals surface area contributed by atoms with Crippen molar-refractivity contribution in [3.63, 3.8) is 0 Å². The zero-order valence-corrected chi connectivity index (χ0v) is 16.9. The van der Waals surface area contributed by atoms with Gasteiger partial charge in [0, 0.05) is 12.8 Å². The summed E-state index contributed by atoms with van der Waals surface area (Å²) >= 11 is 0. The molecule has 148 valence electrons. The number of hydrogen-bond donors (Lipinski definition) is 0. The molecule has 0 aliphatic heterocycles. The molecule has 25 heavy (non-hydrogen) atoms. The minimum Gasteiger partial charge on any atom is -0.393 e. The molecule has 0 rings (SSSR count). The summed E-state index contributed by atoms with van der Waals surface area (Å²) in [6, 6.07) is 0. The molecular formula is C18H34O7. The Hall–Kier alpha value is -1.02. The van der Waals surface area contributed by atoms with Crippen molar-refractivity contribution in [2.75, 3.05) is 0 Å². The van der Waals surface area contributed by atoms with Gasteiger partial charge in [-0.05, 0) is 54.9 Å². The number of esters is 2. The zero-order valence-electron chi connectivity index (χ0n) is 16.9. The molecule has 0 aromatic heterocycles. The molecule has 0 aromatic rings. The fourth-order valence-corrected chi connectivity index (χ4v) is 1.40. The van der Waals surface area contributed by atoms with Crippen molar-refractivity contribution in [3.8, 4) is 0 Å². The summed E-state index contributed by atoms with van der Waals surface area (Å²) in [6.07, 6.45) is 1.80. The van der Waals surface area contributed by atoms with Crippen LogP contribution in [0.1, 0.15) is 87.5 Å². The average molecular weight is 362 g/mol. The van der Waals surface area contributed by atoms with Gasteiger partial charge in [-0.3, -0.25) is 9.59 Å². The Morgan fingerprint density at radius 3 is 1.56 bits per heavy atom. The van der Waals surface area contributed by atoms with E-state index in [0.717, 1.165) is 6.42 Å². The quantitative estimate of drug-likeness (QED) is 0.189. The first-order valence-corrected chi connectivity index (χ1v) is 8.73. The molecule has 0 heterocycles. The zero-order chi connectivity index (χ0) is 19.7. The highest BCUT2D eigenvalue weighted by molar-refractivity contribution is 5.85. The first-order valence-electron chi connectivity index (χ1n) is 8.73. The first kappa shape index (κ1) is 24.0. The smallest absolute Gasteiger partial charge is 0.313 e. The van der Waals surface area contributed by atoms with E-state index in [1.54, 1.807) is 6.92 Å². The van der Waals surface area contributed by atoms with Crippen LogP contribution < -0.4 is 0 Å². The first-order chi connectivity index (χ1) is 11.3. The second kappa shape index (κ2) is 10.2. The molecule has 0 fully saturated rings. The molecule has 0 saturated carbocycles. The Labute approximate surface area is 151 Å². The van der Waals surface area contributed by atoms with Gasteiger partial charge in [0.15, 0.2) is 0 Å². The van der Waals surface area contributed by atoms with Gasteiger partial charge in [-0.25, -0.2) is 9.78 Å². The highest BCUT2D eigenvalue weighted by Crippen LogP contribution is 2.26. The third-order valence-corrected chi connectivity index (χ3v) is 2.68. The molecular weight excluding hydrogens is 328 g/mol. The highest BCUT2D eigenvalue weighted by Gasteiger charge is 2.34. The van der Waals surface area contributed by atoms with E-state index in [1.807, 2.05) is 48.5 Å². The van der Waals surface area contributed by atoms with Gasteiger partial charge in [-0.1, -0.05) is 13.3 Å². The maximum Gasteiger partial charge on any atom is 0.313 e. The standard InChI is InChI=1S/C18H34O7/c1-9-10-11-14(19)21-15(20)12-13-18(8,24-22-16(2,3)4)25-23-17(5,6)7/h9-13H2,1-8H3. The minimum atomic E-state index is -1.33. The molecule has 0 spiro atoms. The summed E-state index contributed by atoms with van der Waals surface area (Å²) in [5, 5.41) is 0. The van der Waals surface area contributed by atoms with E-state index in [2.05, 4.69) is 0 Å². The molecule has 0 aliphatic rings. The predicted octanol–water partition coefficient (Wildman–Crippen LogP) is 4.24. The third-order valence-electron chi connectivity index (χ3n) is 2.68. The Morgan fingerprint density at radius 2 is 1.16 bits per heavy atom. The Kier molecular flexibility index (Phi) is 9.79. The predicted molar refractivity (Wildman–Crippen MR) is 92.1 cm³/mol. The molecule has 0 aliphatic carbocycles. The van der Waals surface area contributed by atoms with E-state index in [4.69, 9.17) is 24.3 Å². The summed E-state index contributed by atoms with van der Waals surface area (Å²) in [5.41, 5.74) is -1.13. The van der Waals surface area contributed by atoms with Crippen LogP contribution in [0.2, 0.25) is 0 Å². The van der Waals surface area contributed by atoms with Crippen LogP contribution in [0.25, 0.3) is 0 Å². The van der Waals surface area contributed by atoms with Crippen molar-refractivity contribution < 1.29 is 33.9 Å². The summed E-state index contributed by atoms with van der Waals surface area (Å²) < 4.78 is 4.77. The number of carbonyl (C=O) groups excluding carboxylic acids is 2. The van der Waals surface area contributed by atoms with Crippen molar-refractivity contribution in [1.82, 2.24) is 0 Å². The van der Waals surface area contributed by atoms with Gasteiger partial charge in [-0.15, -0.1) is 0 Å². The van der Waals surface area contributed by atoms with Crippen molar-refractivity contribution in [2.24, 2.45) is 0 Å². The molecule has 0 bridgehead atoms. The van der Waals surface area contributed by atoms with Gasteiger partial charge in [0.2, 0.25) is 5.79 Å². The Balaban J connectivity index is 4.65. The fraction of sp³-hybridized carbons (Fsp3) is 0.889. The molecule has 7 nitrogen and oxygen atoms in total. The van der Waals surface area contributed by atoms with Gasteiger partial charge < -0.3 is 4.74 Å². The lowest BCUT2D eigenvalue weighted by Crippen LogP contribution is -2.39. The summed E-state index contributed by atoms with van der Waals surface area (Å²) in [5.74, 6) is -2.48. The molecule has 0 aromatic carbocycles. The molecule has 0 amide bonds. The Morgan fingerprint density at radius 1 is 0.720 bits per heavy atom. The van der Waals surface area contributed by atoms with Crippen LogP contribution in [-0.4, -0.2) is 28.9 Å². The number of unbranched alkanes of at least 4 members (excludes halogenated alkanes) is 1. The van der Waals surface area contributed by atoms with Crippen LogP contribution in [0.4, 0.5) is 0 Å². The van der Waals surface area contributed by atoms with Gasteiger partial charge in [0.05, 0.1) is 17.6 Å². The van der Waals surface area contributed by atoms with Crippen LogP contribution in [0.15, 0.2) is 0 Å². The summed E-state index contributed by atoms with van der Waals surface area (Å²) in [7, 11) is 0. The number of carbonyl (C=O) groups is 2. The molecule has 0 atom stereocenters. The topological polar surface area (TPSA) is 80.3 Å². The molecule has 0 unspecified atom stereocenters. The molecule has 0 saturated heterocycles. The largest absolute Gasteiger partial charge is 0.393 e. The van der Waals surface area contributed by atoms with E-state index in [0.29, 0.717) is 6.42 Å². The van der Waals surface area contributed by atoms with Crippen LogP contribution >= 0.6 is 0 Å². The normalized spacial score (nSPS) is 13.0. The minimum absolute atomic E-state index is 0.0740. The van der Waals surface area contributed by atoms with Crippen molar-refractivity contribution >= 4 is 11.9 Å². The second-order valence-corrected chi connectivity index (χ2v) is 8.14. The lowest BCUT2D eigenvalue weighted by molar-refractivity contribution is -0.537. The number of hydrogen-bond acceptors (Lipinski definition) is 7. The number of rotatable bonds is 10. The van der Waals surface area contributed by atoms with Crippen LogP contribution in [0.3, 0.4) is 0 Å². The van der Waals surface area contributed by atoms with Gasteiger partial charge in [0.1, 0.15) is 0 Å². The third kappa shape index (κ3) is 13.9. The molecule has 7 heteroatoms. The van der Waals surface area contributed by atoms with Gasteiger partial charge in [-0.2, -0.15) is 9.78 Å². The molecule has 0 radical (unpaired) electrons. The Bertz CT molecular complexity index is 400. The maximum atomic E-state index is 11.8. The van der Waals surface area contributed by atoms with E-state index in [9.17, 15) is 9.59 Å². The summed E-state index contributed by atoms with van der Waals surface area (Å²) in [4.78, 5) is 44.7. The van der Waals surface area contributed by atoms with Crippen molar-refractivity contribution in [3.05, 3.63) is 0 Å². The van der Waals surface area contributed by atoms with E-state index < -0.39 is 28.9 Å². The monoisotopic (exact) mass is 362 g/mol. The maximum absolute atomic E-state index is 11.8.